The van der Waals surface area contributed by atoms with E-state index in [4.69, 9.17) is 9.47 Å². The van der Waals surface area contributed by atoms with Crippen molar-refractivity contribution < 1.29 is 14.3 Å². The van der Waals surface area contributed by atoms with Gasteiger partial charge in [0.25, 0.3) is 5.91 Å². The van der Waals surface area contributed by atoms with Gasteiger partial charge in [-0.2, -0.15) is 0 Å². The molecule has 1 N–H and O–H groups in total. The number of aryl methyl sites for hydroxylation is 1. The predicted octanol–water partition coefficient (Wildman–Crippen LogP) is 4.18. The van der Waals surface area contributed by atoms with E-state index in [2.05, 4.69) is 9.88 Å². The molecule has 0 bridgehead atoms. The highest BCUT2D eigenvalue weighted by Crippen LogP contribution is 2.23. The fourth-order valence-corrected chi connectivity index (χ4v) is 3.32. The molecule has 0 aliphatic rings. The van der Waals surface area contributed by atoms with Crippen LogP contribution >= 0.6 is 0 Å². The minimum atomic E-state index is -0.0752. The minimum Gasteiger partial charge on any atom is -0.497 e. The van der Waals surface area contributed by atoms with Crippen LogP contribution in [0.15, 0.2) is 54.6 Å². The lowest BCUT2D eigenvalue weighted by atomic mass is 10.1. The lowest BCUT2D eigenvalue weighted by Gasteiger charge is -2.11. The SMILES string of the molecule is COCc1ccc(CNC(=O)c2cc(C)n(-c3ccc(OC)cc3)c2C)cc1. The summed E-state index contributed by atoms with van der Waals surface area (Å²) in [6.45, 7) is 5.04. The second kappa shape index (κ2) is 8.76. The largest absolute Gasteiger partial charge is 0.497 e. The van der Waals surface area contributed by atoms with Gasteiger partial charge in [-0.1, -0.05) is 24.3 Å². The average Bonchev–Trinajstić information content (AvgIpc) is 3.01. The Kier molecular flexibility index (Phi) is 6.16. The molecule has 3 rings (SSSR count). The molecule has 0 spiro atoms. The highest BCUT2D eigenvalue weighted by Gasteiger charge is 2.16. The smallest absolute Gasteiger partial charge is 0.253 e. The number of nitrogens with zero attached hydrogens (tertiary/aromatic N) is 1. The van der Waals surface area contributed by atoms with E-state index < -0.39 is 0 Å². The second-order valence-electron chi connectivity index (χ2n) is 6.75. The van der Waals surface area contributed by atoms with E-state index >= 15 is 0 Å². The van der Waals surface area contributed by atoms with E-state index in [1.807, 2.05) is 68.4 Å². The molecule has 5 nitrogen and oxygen atoms in total. The Morgan fingerprint density at radius 1 is 0.964 bits per heavy atom. The van der Waals surface area contributed by atoms with Gasteiger partial charge >= 0.3 is 0 Å². The standard InChI is InChI=1S/C23H26N2O3/c1-16-13-22(17(2)25(16)20-9-11-21(28-4)12-10-20)23(26)24-14-18-5-7-19(8-6-18)15-27-3/h5-13H,14-15H2,1-4H3,(H,24,26). The molecule has 2 aromatic carbocycles. The number of methoxy groups -OCH3 is 2. The summed E-state index contributed by atoms with van der Waals surface area (Å²) in [7, 11) is 3.32. The first kappa shape index (κ1) is 19.7. The Balaban J connectivity index is 1.73. The van der Waals surface area contributed by atoms with E-state index in [9.17, 15) is 4.79 Å². The van der Waals surface area contributed by atoms with E-state index in [1.54, 1.807) is 14.2 Å². The Morgan fingerprint density at radius 3 is 2.21 bits per heavy atom. The van der Waals surface area contributed by atoms with Gasteiger partial charge in [0, 0.05) is 30.7 Å². The molecule has 0 aliphatic heterocycles. The summed E-state index contributed by atoms with van der Waals surface area (Å²) >= 11 is 0. The molecule has 0 radical (unpaired) electrons. The van der Waals surface area contributed by atoms with Crippen LogP contribution in [0.5, 0.6) is 5.75 Å². The van der Waals surface area contributed by atoms with Gasteiger partial charge in [-0.25, -0.2) is 0 Å². The maximum absolute atomic E-state index is 12.7. The van der Waals surface area contributed by atoms with Crippen LogP contribution in [0.4, 0.5) is 0 Å². The molecule has 0 saturated carbocycles. The number of hydrogen-bond donors (Lipinski definition) is 1. The summed E-state index contributed by atoms with van der Waals surface area (Å²) in [5, 5.41) is 3.01. The van der Waals surface area contributed by atoms with Gasteiger partial charge in [-0.3, -0.25) is 4.79 Å². The summed E-state index contributed by atoms with van der Waals surface area (Å²) in [6, 6.07) is 17.8. The van der Waals surface area contributed by atoms with Crippen LogP contribution in [0, 0.1) is 13.8 Å². The first-order valence-electron chi connectivity index (χ1n) is 9.21. The van der Waals surface area contributed by atoms with Gasteiger partial charge in [-0.05, 0) is 55.3 Å². The van der Waals surface area contributed by atoms with Crippen molar-refractivity contribution in [1.82, 2.24) is 9.88 Å². The van der Waals surface area contributed by atoms with Crippen LogP contribution in [0.25, 0.3) is 5.69 Å². The van der Waals surface area contributed by atoms with Crippen molar-refractivity contribution in [1.29, 1.82) is 0 Å². The number of carbonyl (C=O) groups excluding carboxylic acids is 1. The first-order chi connectivity index (χ1) is 13.5. The summed E-state index contributed by atoms with van der Waals surface area (Å²) in [4.78, 5) is 12.7. The quantitative estimate of drug-likeness (QED) is 0.671. The topological polar surface area (TPSA) is 52.5 Å². The summed E-state index contributed by atoms with van der Waals surface area (Å²) in [5.41, 5.74) is 5.78. The highest BCUT2D eigenvalue weighted by atomic mass is 16.5. The van der Waals surface area contributed by atoms with Crippen molar-refractivity contribution in [2.75, 3.05) is 14.2 Å². The number of amides is 1. The monoisotopic (exact) mass is 378 g/mol. The van der Waals surface area contributed by atoms with Crippen molar-refractivity contribution >= 4 is 5.91 Å². The zero-order valence-electron chi connectivity index (χ0n) is 16.8. The molecular weight excluding hydrogens is 352 g/mol. The molecule has 0 fully saturated rings. The van der Waals surface area contributed by atoms with Gasteiger partial charge in [0.15, 0.2) is 0 Å². The van der Waals surface area contributed by atoms with E-state index in [-0.39, 0.29) is 5.91 Å². The molecule has 5 heteroatoms. The fourth-order valence-electron chi connectivity index (χ4n) is 3.32. The summed E-state index contributed by atoms with van der Waals surface area (Å²) in [5.74, 6) is 0.731. The maximum atomic E-state index is 12.7. The Labute approximate surface area is 165 Å². The van der Waals surface area contributed by atoms with E-state index in [1.165, 1.54) is 0 Å². The maximum Gasteiger partial charge on any atom is 0.253 e. The molecule has 28 heavy (non-hydrogen) atoms. The molecule has 0 saturated heterocycles. The van der Waals surface area contributed by atoms with E-state index in [0.29, 0.717) is 18.7 Å². The number of ether oxygens (including phenoxy) is 2. The molecule has 0 unspecified atom stereocenters. The minimum absolute atomic E-state index is 0.0752. The molecule has 1 aromatic heterocycles. The number of nitrogens with one attached hydrogen (secondary N) is 1. The second-order valence-corrected chi connectivity index (χ2v) is 6.75. The molecule has 0 atom stereocenters. The third-order valence-corrected chi connectivity index (χ3v) is 4.79. The molecule has 3 aromatic rings. The van der Waals surface area contributed by atoms with Crippen LogP contribution in [-0.2, 0) is 17.9 Å². The first-order valence-corrected chi connectivity index (χ1v) is 9.21. The van der Waals surface area contributed by atoms with Crippen LogP contribution in [0.3, 0.4) is 0 Å². The Morgan fingerprint density at radius 2 is 1.61 bits per heavy atom. The Hall–Kier alpha value is -3.05. The number of hydrogen-bond acceptors (Lipinski definition) is 3. The van der Waals surface area contributed by atoms with Gasteiger partial charge in [0.1, 0.15) is 5.75 Å². The van der Waals surface area contributed by atoms with Crippen LogP contribution in [0.1, 0.15) is 32.9 Å². The number of carbonyl (C=O) groups is 1. The molecule has 0 aliphatic carbocycles. The third-order valence-electron chi connectivity index (χ3n) is 4.79. The molecule has 146 valence electrons. The van der Waals surface area contributed by atoms with Gasteiger partial charge in [-0.15, -0.1) is 0 Å². The lowest BCUT2D eigenvalue weighted by Crippen LogP contribution is -2.23. The zero-order valence-corrected chi connectivity index (χ0v) is 16.8. The molecule has 1 heterocycles. The zero-order chi connectivity index (χ0) is 20.1. The number of benzene rings is 2. The van der Waals surface area contributed by atoms with Crippen molar-refractivity contribution in [2.24, 2.45) is 0 Å². The summed E-state index contributed by atoms with van der Waals surface area (Å²) in [6.07, 6.45) is 0. The average molecular weight is 378 g/mol. The van der Waals surface area contributed by atoms with Crippen molar-refractivity contribution in [3.05, 3.63) is 82.7 Å². The highest BCUT2D eigenvalue weighted by molar-refractivity contribution is 5.95. The predicted molar refractivity (Wildman–Crippen MR) is 110 cm³/mol. The normalized spacial score (nSPS) is 10.7. The van der Waals surface area contributed by atoms with Gasteiger partial charge in [0.05, 0.1) is 19.3 Å². The molecular formula is C23H26N2O3. The van der Waals surface area contributed by atoms with Crippen LogP contribution in [-0.4, -0.2) is 24.7 Å². The number of aromatic nitrogens is 1. The lowest BCUT2D eigenvalue weighted by molar-refractivity contribution is 0.0950. The molecule has 1 amide bonds. The van der Waals surface area contributed by atoms with Crippen LogP contribution < -0.4 is 10.1 Å². The Bertz CT molecular complexity index is 941. The van der Waals surface area contributed by atoms with Crippen LogP contribution in [0.2, 0.25) is 0 Å². The van der Waals surface area contributed by atoms with Gasteiger partial charge < -0.3 is 19.4 Å². The van der Waals surface area contributed by atoms with Crippen molar-refractivity contribution in [3.8, 4) is 11.4 Å². The summed E-state index contributed by atoms with van der Waals surface area (Å²) < 4.78 is 12.4. The van der Waals surface area contributed by atoms with E-state index in [0.717, 1.165) is 34.0 Å². The fraction of sp³-hybridized carbons (Fsp3) is 0.261. The number of rotatable bonds is 7. The van der Waals surface area contributed by atoms with Crippen molar-refractivity contribution in [2.45, 2.75) is 27.0 Å². The van der Waals surface area contributed by atoms with Gasteiger partial charge in [0.2, 0.25) is 0 Å². The third kappa shape index (κ3) is 4.26. The van der Waals surface area contributed by atoms with Crippen molar-refractivity contribution in [3.63, 3.8) is 0 Å².